The molecule has 0 aliphatic rings. The first-order valence-corrected chi connectivity index (χ1v) is 5.87. The van der Waals surface area contributed by atoms with Crippen LogP contribution in [-0.4, -0.2) is 9.55 Å². The van der Waals surface area contributed by atoms with Crippen molar-refractivity contribution in [2.75, 3.05) is 0 Å². The third-order valence-corrected chi connectivity index (χ3v) is 2.82. The van der Waals surface area contributed by atoms with Gasteiger partial charge in [0.1, 0.15) is 11.6 Å². The van der Waals surface area contributed by atoms with Gasteiger partial charge in [-0.2, -0.15) is 5.26 Å². The topological polar surface area (TPSA) is 41.6 Å². The number of halogens is 2. The highest BCUT2D eigenvalue weighted by Gasteiger charge is 2.10. The van der Waals surface area contributed by atoms with E-state index in [-0.39, 0.29) is 11.7 Å². The molecule has 1 heterocycles. The Kier molecular flexibility index (Phi) is 3.60. The number of fused-ring (bicyclic) bond motifs is 1. The minimum absolute atomic E-state index is 0.281. The van der Waals surface area contributed by atoms with Gasteiger partial charge < -0.3 is 4.57 Å². The summed E-state index contributed by atoms with van der Waals surface area (Å²) in [5, 5.41) is 8.52. The standard InChI is InChI=1S/C12H11ClFN3/c13-8-12-16-10-4-3-9(14)7-11(10)17(12)6-2-1-5-15/h3-4,7H,1-2,6,8H2. The van der Waals surface area contributed by atoms with Crippen molar-refractivity contribution in [1.29, 1.82) is 5.26 Å². The summed E-state index contributed by atoms with van der Waals surface area (Å²) in [5.41, 5.74) is 1.47. The van der Waals surface area contributed by atoms with Gasteiger partial charge in [0, 0.05) is 13.0 Å². The largest absolute Gasteiger partial charge is 0.327 e. The maximum atomic E-state index is 13.2. The number of aryl methyl sites for hydroxylation is 1. The Morgan fingerprint density at radius 3 is 3.00 bits per heavy atom. The van der Waals surface area contributed by atoms with Crippen LogP contribution in [0.25, 0.3) is 11.0 Å². The van der Waals surface area contributed by atoms with Gasteiger partial charge in [0.2, 0.25) is 0 Å². The molecule has 0 bridgehead atoms. The van der Waals surface area contributed by atoms with Crippen LogP contribution >= 0.6 is 11.6 Å². The van der Waals surface area contributed by atoms with Crippen molar-refractivity contribution in [3.05, 3.63) is 29.8 Å². The zero-order chi connectivity index (χ0) is 12.3. The third kappa shape index (κ3) is 2.40. The molecule has 0 atom stereocenters. The van der Waals surface area contributed by atoms with Crippen LogP contribution in [0.2, 0.25) is 0 Å². The Morgan fingerprint density at radius 2 is 2.29 bits per heavy atom. The molecule has 0 aliphatic heterocycles. The van der Waals surface area contributed by atoms with Gasteiger partial charge in [0.05, 0.1) is 23.0 Å². The molecule has 2 aromatic rings. The van der Waals surface area contributed by atoms with Crippen LogP contribution in [0.3, 0.4) is 0 Å². The Bertz CT molecular complexity index is 571. The van der Waals surface area contributed by atoms with Crippen LogP contribution in [-0.2, 0) is 12.4 Å². The monoisotopic (exact) mass is 251 g/mol. The number of aromatic nitrogens is 2. The number of hydrogen-bond donors (Lipinski definition) is 0. The van der Waals surface area contributed by atoms with E-state index in [1.54, 1.807) is 6.07 Å². The van der Waals surface area contributed by atoms with Crippen LogP contribution in [0.1, 0.15) is 18.7 Å². The molecule has 0 unspecified atom stereocenters. The fourth-order valence-electron chi connectivity index (χ4n) is 1.81. The zero-order valence-electron chi connectivity index (χ0n) is 9.16. The highest BCUT2D eigenvalue weighted by Crippen LogP contribution is 2.19. The van der Waals surface area contributed by atoms with Crippen molar-refractivity contribution in [1.82, 2.24) is 9.55 Å². The second kappa shape index (κ2) is 5.15. The van der Waals surface area contributed by atoms with Crippen molar-refractivity contribution >= 4 is 22.6 Å². The molecule has 3 nitrogen and oxygen atoms in total. The number of benzene rings is 1. The van der Waals surface area contributed by atoms with E-state index in [0.717, 1.165) is 11.0 Å². The van der Waals surface area contributed by atoms with Crippen molar-refractivity contribution in [2.24, 2.45) is 0 Å². The molecule has 88 valence electrons. The highest BCUT2D eigenvalue weighted by atomic mass is 35.5. The summed E-state index contributed by atoms with van der Waals surface area (Å²) >= 11 is 5.81. The fraction of sp³-hybridized carbons (Fsp3) is 0.333. The van der Waals surface area contributed by atoms with Crippen molar-refractivity contribution < 1.29 is 4.39 Å². The maximum absolute atomic E-state index is 13.2. The molecule has 5 heteroatoms. The van der Waals surface area contributed by atoms with E-state index in [0.29, 0.717) is 25.2 Å². The number of nitriles is 1. The minimum Gasteiger partial charge on any atom is -0.327 e. The molecule has 0 saturated carbocycles. The van der Waals surface area contributed by atoms with Gasteiger partial charge in [-0.25, -0.2) is 9.37 Å². The van der Waals surface area contributed by atoms with E-state index < -0.39 is 0 Å². The first-order chi connectivity index (χ1) is 8.26. The summed E-state index contributed by atoms with van der Waals surface area (Å²) in [5.74, 6) is 0.702. The second-order valence-electron chi connectivity index (χ2n) is 3.71. The molecule has 2 rings (SSSR count). The number of nitrogens with zero attached hydrogens (tertiary/aromatic N) is 3. The predicted octanol–water partition coefficient (Wildman–Crippen LogP) is 3.22. The maximum Gasteiger partial charge on any atom is 0.125 e. The van der Waals surface area contributed by atoms with Gasteiger partial charge in [-0.3, -0.25) is 0 Å². The van der Waals surface area contributed by atoms with Crippen LogP contribution in [0, 0.1) is 17.1 Å². The van der Waals surface area contributed by atoms with Gasteiger partial charge >= 0.3 is 0 Å². The van der Waals surface area contributed by atoms with Crippen LogP contribution in [0.15, 0.2) is 18.2 Å². The number of alkyl halides is 1. The molecule has 17 heavy (non-hydrogen) atoms. The Morgan fingerprint density at radius 1 is 1.47 bits per heavy atom. The zero-order valence-corrected chi connectivity index (χ0v) is 9.91. The third-order valence-electron chi connectivity index (χ3n) is 2.58. The lowest BCUT2D eigenvalue weighted by molar-refractivity contribution is 0.623. The molecular weight excluding hydrogens is 241 g/mol. The van der Waals surface area contributed by atoms with E-state index >= 15 is 0 Å². The average molecular weight is 252 g/mol. The Balaban J connectivity index is 2.42. The summed E-state index contributed by atoms with van der Waals surface area (Å²) in [6, 6.07) is 6.56. The van der Waals surface area contributed by atoms with Crippen molar-refractivity contribution in [3.63, 3.8) is 0 Å². The summed E-state index contributed by atoms with van der Waals surface area (Å²) in [4.78, 5) is 4.33. The van der Waals surface area contributed by atoms with E-state index in [1.807, 2.05) is 4.57 Å². The smallest absolute Gasteiger partial charge is 0.125 e. The average Bonchev–Trinajstić information content (AvgIpc) is 2.67. The minimum atomic E-state index is -0.292. The molecule has 0 N–H and O–H groups in total. The summed E-state index contributed by atoms with van der Waals surface area (Å²) < 4.78 is 15.1. The Hall–Kier alpha value is -1.60. The van der Waals surface area contributed by atoms with Gasteiger partial charge in [-0.1, -0.05) is 0 Å². The summed E-state index contributed by atoms with van der Waals surface area (Å²) in [6.07, 6.45) is 1.18. The molecule has 1 aromatic carbocycles. The van der Waals surface area contributed by atoms with Gasteiger partial charge in [0.25, 0.3) is 0 Å². The van der Waals surface area contributed by atoms with Crippen LogP contribution in [0.4, 0.5) is 4.39 Å². The molecule has 0 spiro atoms. The second-order valence-corrected chi connectivity index (χ2v) is 3.98. The highest BCUT2D eigenvalue weighted by molar-refractivity contribution is 6.16. The first kappa shape index (κ1) is 11.9. The first-order valence-electron chi connectivity index (χ1n) is 5.34. The molecule has 0 saturated heterocycles. The summed E-state index contributed by atoms with van der Waals surface area (Å²) in [7, 11) is 0. The van der Waals surface area contributed by atoms with Crippen molar-refractivity contribution in [3.8, 4) is 6.07 Å². The molecule has 1 aromatic heterocycles. The lowest BCUT2D eigenvalue weighted by Gasteiger charge is -2.05. The fourth-order valence-corrected chi connectivity index (χ4v) is 2.02. The van der Waals surface area contributed by atoms with E-state index in [9.17, 15) is 4.39 Å². The molecule has 0 radical (unpaired) electrons. The summed E-state index contributed by atoms with van der Waals surface area (Å²) in [6.45, 7) is 0.634. The van der Waals surface area contributed by atoms with Crippen LogP contribution < -0.4 is 0 Å². The van der Waals surface area contributed by atoms with Gasteiger partial charge in [0.15, 0.2) is 0 Å². The molecule has 0 aliphatic carbocycles. The van der Waals surface area contributed by atoms with Crippen LogP contribution in [0.5, 0.6) is 0 Å². The normalized spacial score (nSPS) is 10.6. The number of unbranched alkanes of at least 4 members (excludes halogenated alkanes) is 1. The van der Waals surface area contributed by atoms with E-state index in [2.05, 4.69) is 11.1 Å². The lowest BCUT2D eigenvalue weighted by Crippen LogP contribution is -2.02. The lowest BCUT2D eigenvalue weighted by atomic mass is 10.3. The molecular formula is C12H11ClFN3. The predicted molar refractivity (Wildman–Crippen MR) is 64.1 cm³/mol. The Labute approximate surface area is 103 Å². The van der Waals surface area contributed by atoms with Gasteiger partial charge in [-0.15, -0.1) is 11.6 Å². The van der Waals surface area contributed by atoms with E-state index in [1.165, 1.54) is 12.1 Å². The SMILES string of the molecule is N#CCCCn1c(CCl)nc2ccc(F)cc21. The molecule has 0 amide bonds. The number of rotatable bonds is 4. The number of hydrogen-bond acceptors (Lipinski definition) is 2. The number of imidazole rings is 1. The molecule has 0 fully saturated rings. The quantitative estimate of drug-likeness (QED) is 0.618. The van der Waals surface area contributed by atoms with E-state index in [4.69, 9.17) is 16.9 Å². The van der Waals surface area contributed by atoms with Crippen molar-refractivity contribution in [2.45, 2.75) is 25.3 Å². The van der Waals surface area contributed by atoms with Gasteiger partial charge in [-0.05, 0) is 24.6 Å².